The van der Waals surface area contributed by atoms with Crippen molar-refractivity contribution in [2.45, 2.75) is 10.6 Å². The lowest BCUT2D eigenvalue weighted by atomic mass is 10.3. The Hall–Kier alpha value is -2.02. The number of rotatable bonds is 7. The van der Waals surface area contributed by atoms with Gasteiger partial charge in [0.25, 0.3) is 5.91 Å². The van der Waals surface area contributed by atoms with Crippen molar-refractivity contribution in [2.24, 2.45) is 0 Å². The number of anilines is 1. The molecule has 0 atom stereocenters. The molecule has 138 valence electrons. The van der Waals surface area contributed by atoms with Gasteiger partial charge in [-0.3, -0.25) is 9.78 Å². The van der Waals surface area contributed by atoms with Crippen molar-refractivity contribution in [1.82, 2.24) is 4.98 Å². The second-order valence-corrected chi connectivity index (χ2v) is 7.93. The predicted octanol–water partition coefficient (Wildman–Crippen LogP) is 5.81. The van der Waals surface area contributed by atoms with Crippen LogP contribution in [0.1, 0.15) is 5.56 Å². The van der Waals surface area contributed by atoms with Gasteiger partial charge in [-0.2, -0.15) is 0 Å². The predicted molar refractivity (Wildman–Crippen MR) is 114 cm³/mol. The van der Waals surface area contributed by atoms with E-state index in [0.29, 0.717) is 15.2 Å². The number of ether oxygens (including phenoxy) is 1. The molecule has 0 fully saturated rings. The molecule has 0 saturated heterocycles. The van der Waals surface area contributed by atoms with E-state index in [9.17, 15) is 4.79 Å². The minimum Gasteiger partial charge on any atom is -0.483 e. The van der Waals surface area contributed by atoms with E-state index >= 15 is 0 Å². The number of amides is 1. The van der Waals surface area contributed by atoms with E-state index in [1.807, 2.05) is 42.6 Å². The molecule has 0 aliphatic carbocycles. The second kappa shape index (κ2) is 9.78. The summed E-state index contributed by atoms with van der Waals surface area (Å²) < 4.78 is 6.22. The maximum absolute atomic E-state index is 12.1. The normalized spacial score (nSPS) is 10.4. The first kappa shape index (κ1) is 19.7. The Morgan fingerprint density at radius 3 is 2.70 bits per heavy atom. The summed E-state index contributed by atoms with van der Waals surface area (Å²) in [4.78, 5) is 17.3. The topological polar surface area (TPSA) is 51.2 Å². The van der Waals surface area contributed by atoms with E-state index in [-0.39, 0.29) is 12.5 Å². The molecule has 7 heteroatoms. The molecule has 1 N–H and O–H groups in total. The van der Waals surface area contributed by atoms with Gasteiger partial charge in [0.1, 0.15) is 5.75 Å². The van der Waals surface area contributed by atoms with Crippen molar-refractivity contribution >= 4 is 50.9 Å². The Labute approximate surface area is 175 Å². The summed E-state index contributed by atoms with van der Waals surface area (Å²) in [5.74, 6) is 1.19. The summed E-state index contributed by atoms with van der Waals surface area (Å²) in [6, 6.07) is 16.8. The SMILES string of the molecule is O=C(COc1ccc(Cl)cc1Br)Nc1ccc(SCc2cccnc2)cc1. The van der Waals surface area contributed by atoms with Gasteiger partial charge in [-0.25, -0.2) is 0 Å². The zero-order valence-corrected chi connectivity index (χ0v) is 17.4. The van der Waals surface area contributed by atoms with E-state index in [1.165, 1.54) is 5.56 Å². The van der Waals surface area contributed by atoms with Crippen molar-refractivity contribution in [3.63, 3.8) is 0 Å². The van der Waals surface area contributed by atoms with Crippen molar-refractivity contribution in [1.29, 1.82) is 0 Å². The highest BCUT2D eigenvalue weighted by Gasteiger charge is 2.07. The van der Waals surface area contributed by atoms with E-state index < -0.39 is 0 Å². The van der Waals surface area contributed by atoms with Gasteiger partial charge in [0.05, 0.1) is 4.47 Å². The van der Waals surface area contributed by atoms with E-state index in [4.69, 9.17) is 16.3 Å². The van der Waals surface area contributed by atoms with Crippen LogP contribution in [0.2, 0.25) is 5.02 Å². The molecule has 27 heavy (non-hydrogen) atoms. The molecule has 0 aliphatic rings. The number of benzene rings is 2. The lowest BCUT2D eigenvalue weighted by molar-refractivity contribution is -0.118. The van der Waals surface area contributed by atoms with Crippen LogP contribution in [0.25, 0.3) is 0 Å². The van der Waals surface area contributed by atoms with Crippen LogP contribution in [0, 0.1) is 0 Å². The fourth-order valence-electron chi connectivity index (χ4n) is 2.22. The zero-order valence-electron chi connectivity index (χ0n) is 14.2. The van der Waals surface area contributed by atoms with Crippen molar-refractivity contribution < 1.29 is 9.53 Å². The molecule has 3 rings (SSSR count). The first-order chi connectivity index (χ1) is 13.1. The van der Waals surface area contributed by atoms with Crippen molar-refractivity contribution in [3.05, 3.63) is 82.0 Å². The van der Waals surface area contributed by atoms with Crippen LogP contribution in [-0.2, 0) is 10.5 Å². The number of nitrogens with one attached hydrogen (secondary N) is 1. The average Bonchev–Trinajstić information content (AvgIpc) is 2.67. The van der Waals surface area contributed by atoms with Crippen LogP contribution < -0.4 is 10.1 Å². The highest BCUT2D eigenvalue weighted by molar-refractivity contribution is 9.10. The van der Waals surface area contributed by atoms with Crippen molar-refractivity contribution in [3.8, 4) is 5.75 Å². The summed E-state index contributed by atoms with van der Waals surface area (Å²) in [7, 11) is 0. The molecule has 1 heterocycles. The van der Waals surface area contributed by atoms with Crippen LogP contribution in [0.5, 0.6) is 5.75 Å². The highest BCUT2D eigenvalue weighted by atomic mass is 79.9. The Kier molecular flexibility index (Phi) is 7.15. The van der Waals surface area contributed by atoms with Gasteiger partial charge in [0.15, 0.2) is 6.61 Å². The largest absolute Gasteiger partial charge is 0.483 e. The first-order valence-corrected chi connectivity index (χ1v) is 10.3. The van der Waals surface area contributed by atoms with Gasteiger partial charge in [0.2, 0.25) is 0 Å². The summed E-state index contributed by atoms with van der Waals surface area (Å²) >= 11 is 11.0. The molecule has 4 nitrogen and oxygen atoms in total. The van der Waals surface area contributed by atoms with Gasteiger partial charge in [-0.05, 0) is 70.0 Å². The Morgan fingerprint density at radius 2 is 2.00 bits per heavy atom. The third kappa shape index (κ3) is 6.27. The second-order valence-electron chi connectivity index (χ2n) is 5.59. The molecule has 0 bridgehead atoms. The third-order valence-electron chi connectivity index (χ3n) is 3.52. The van der Waals surface area contributed by atoms with Crippen LogP contribution in [0.4, 0.5) is 5.69 Å². The van der Waals surface area contributed by atoms with E-state index in [2.05, 4.69) is 26.2 Å². The lowest BCUT2D eigenvalue weighted by Gasteiger charge is -2.09. The molecule has 3 aromatic rings. The standard InChI is InChI=1S/C20H16BrClN2O2S/c21-18-10-15(22)3-8-19(18)26-12-20(25)24-16-4-6-17(7-5-16)27-13-14-2-1-9-23-11-14/h1-11H,12-13H2,(H,24,25). The minimum atomic E-state index is -0.229. The fraction of sp³-hybridized carbons (Fsp3) is 0.100. The van der Waals surface area contributed by atoms with Crippen LogP contribution in [0.15, 0.2) is 76.4 Å². The van der Waals surface area contributed by atoms with Gasteiger partial charge in [-0.15, -0.1) is 11.8 Å². The quantitative estimate of drug-likeness (QED) is 0.449. The molecule has 0 aliphatic heterocycles. The number of hydrogen-bond acceptors (Lipinski definition) is 4. The van der Waals surface area contributed by atoms with Crippen LogP contribution in [0.3, 0.4) is 0 Å². The molecule has 1 amide bonds. The highest BCUT2D eigenvalue weighted by Crippen LogP contribution is 2.28. The number of hydrogen-bond donors (Lipinski definition) is 1. The first-order valence-electron chi connectivity index (χ1n) is 8.09. The maximum atomic E-state index is 12.1. The number of carbonyl (C=O) groups excluding carboxylic acids is 1. The third-order valence-corrected chi connectivity index (χ3v) is 5.46. The Balaban J connectivity index is 1.48. The number of nitrogens with zero attached hydrogens (tertiary/aromatic N) is 1. The van der Waals surface area contributed by atoms with E-state index in [1.54, 1.807) is 36.2 Å². The molecule has 2 aromatic carbocycles. The maximum Gasteiger partial charge on any atom is 0.262 e. The lowest BCUT2D eigenvalue weighted by Crippen LogP contribution is -2.20. The Morgan fingerprint density at radius 1 is 1.19 bits per heavy atom. The minimum absolute atomic E-state index is 0.0856. The molecule has 0 radical (unpaired) electrons. The zero-order chi connectivity index (χ0) is 19.1. The molecular formula is C20H16BrClN2O2S. The molecule has 1 aromatic heterocycles. The molecule has 0 spiro atoms. The van der Waals surface area contributed by atoms with Gasteiger partial charge in [-0.1, -0.05) is 17.7 Å². The van der Waals surface area contributed by atoms with Crippen LogP contribution >= 0.6 is 39.3 Å². The monoisotopic (exact) mass is 462 g/mol. The van der Waals surface area contributed by atoms with Gasteiger partial charge in [0, 0.05) is 33.8 Å². The number of aromatic nitrogens is 1. The van der Waals surface area contributed by atoms with Crippen LogP contribution in [-0.4, -0.2) is 17.5 Å². The smallest absolute Gasteiger partial charge is 0.262 e. The van der Waals surface area contributed by atoms with Crippen molar-refractivity contribution in [2.75, 3.05) is 11.9 Å². The van der Waals surface area contributed by atoms with Gasteiger partial charge < -0.3 is 10.1 Å². The summed E-state index contributed by atoms with van der Waals surface area (Å²) in [5, 5.41) is 3.42. The summed E-state index contributed by atoms with van der Waals surface area (Å²) in [5.41, 5.74) is 1.90. The van der Waals surface area contributed by atoms with E-state index in [0.717, 1.165) is 16.3 Å². The number of pyridine rings is 1. The molecule has 0 unspecified atom stereocenters. The summed E-state index contributed by atoms with van der Waals surface area (Å²) in [6.45, 7) is -0.0856. The Bertz CT molecular complexity index is 908. The molecular weight excluding hydrogens is 448 g/mol. The fourth-order valence-corrected chi connectivity index (χ4v) is 3.85. The number of thioether (sulfide) groups is 1. The summed E-state index contributed by atoms with van der Waals surface area (Å²) in [6.07, 6.45) is 3.63. The average molecular weight is 464 g/mol. The number of halogens is 2. The van der Waals surface area contributed by atoms with Gasteiger partial charge >= 0.3 is 0 Å². The number of carbonyl (C=O) groups is 1. The molecule has 0 saturated carbocycles.